The standard InChI is InChI=1S/C23H26F3N5O2/c1-14(2)32-22-27-12-19(17-5-4-6-18(11-17)33-23(24,25)26)21(30-22)31-9-7-16(8-10-31)20-15(3)28-13-29-20/h4-6,11-14,16H,7-10H2,1-3H3,(H,28,29). The summed E-state index contributed by atoms with van der Waals surface area (Å²) in [4.78, 5) is 18.6. The van der Waals surface area contributed by atoms with Crippen molar-refractivity contribution in [3.05, 3.63) is 48.2 Å². The zero-order valence-electron chi connectivity index (χ0n) is 18.7. The maximum Gasteiger partial charge on any atom is 0.573 e. The molecule has 0 radical (unpaired) electrons. The molecule has 1 aliphatic heterocycles. The summed E-state index contributed by atoms with van der Waals surface area (Å²) in [6.07, 6.45) is 0.195. The molecule has 7 nitrogen and oxygen atoms in total. The van der Waals surface area contributed by atoms with E-state index in [-0.39, 0.29) is 17.9 Å². The van der Waals surface area contributed by atoms with Gasteiger partial charge in [0.15, 0.2) is 0 Å². The number of alkyl halides is 3. The summed E-state index contributed by atoms with van der Waals surface area (Å²) in [5, 5.41) is 0. The van der Waals surface area contributed by atoms with Crippen LogP contribution in [0.4, 0.5) is 19.0 Å². The predicted molar refractivity (Wildman–Crippen MR) is 117 cm³/mol. The summed E-state index contributed by atoms with van der Waals surface area (Å²) in [6.45, 7) is 7.23. The first-order chi connectivity index (χ1) is 15.7. The van der Waals surface area contributed by atoms with E-state index in [0.29, 0.717) is 22.9 Å². The fourth-order valence-electron chi connectivity index (χ4n) is 4.08. The van der Waals surface area contributed by atoms with Gasteiger partial charge >= 0.3 is 12.4 Å². The van der Waals surface area contributed by atoms with Crippen LogP contribution in [-0.2, 0) is 0 Å². The van der Waals surface area contributed by atoms with Gasteiger partial charge in [-0.3, -0.25) is 0 Å². The van der Waals surface area contributed by atoms with Gasteiger partial charge in [-0.05, 0) is 51.3 Å². The first-order valence-electron chi connectivity index (χ1n) is 10.8. The molecule has 0 atom stereocenters. The SMILES string of the molecule is Cc1[nH]cnc1C1CCN(c2nc(OC(C)C)ncc2-c2cccc(OC(F)(F)F)c2)CC1. The number of nitrogens with zero attached hydrogens (tertiary/aromatic N) is 4. The first kappa shape index (κ1) is 22.9. The average molecular weight is 461 g/mol. The maximum atomic E-state index is 12.7. The van der Waals surface area contributed by atoms with E-state index < -0.39 is 6.36 Å². The predicted octanol–water partition coefficient (Wildman–Crippen LogP) is 5.24. The van der Waals surface area contributed by atoms with Crippen LogP contribution in [0.5, 0.6) is 11.8 Å². The van der Waals surface area contributed by atoms with E-state index in [4.69, 9.17) is 4.74 Å². The lowest BCUT2D eigenvalue weighted by molar-refractivity contribution is -0.274. The van der Waals surface area contributed by atoms with Crippen LogP contribution in [-0.4, -0.2) is 45.5 Å². The molecule has 33 heavy (non-hydrogen) atoms. The molecule has 3 aromatic rings. The quantitative estimate of drug-likeness (QED) is 0.541. The zero-order chi connectivity index (χ0) is 23.6. The van der Waals surface area contributed by atoms with E-state index in [0.717, 1.165) is 37.3 Å². The Kier molecular flexibility index (Phi) is 6.44. The summed E-state index contributed by atoms with van der Waals surface area (Å²) >= 11 is 0. The number of aromatic nitrogens is 4. The van der Waals surface area contributed by atoms with Crippen LogP contribution in [0.25, 0.3) is 11.1 Å². The van der Waals surface area contributed by atoms with Gasteiger partial charge in [0.25, 0.3) is 0 Å². The highest BCUT2D eigenvalue weighted by atomic mass is 19.4. The molecule has 10 heteroatoms. The van der Waals surface area contributed by atoms with E-state index >= 15 is 0 Å². The third-order valence-corrected chi connectivity index (χ3v) is 5.52. The van der Waals surface area contributed by atoms with Gasteiger partial charge in [-0.15, -0.1) is 13.2 Å². The Bertz CT molecular complexity index is 1090. The number of benzene rings is 1. The number of aromatic amines is 1. The molecular formula is C23H26F3N5O2. The lowest BCUT2D eigenvalue weighted by atomic mass is 9.92. The summed E-state index contributed by atoms with van der Waals surface area (Å²) in [6, 6.07) is 6.08. The largest absolute Gasteiger partial charge is 0.573 e. The van der Waals surface area contributed by atoms with Crippen molar-refractivity contribution in [3.63, 3.8) is 0 Å². The Morgan fingerprint density at radius 3 is 2.55 bits per heavy atom. The highest BCUT2D eigenvalue weighted by Gasteiger charge is 2.31. The number of hydrogen-bond donors (Lipinski definition) is 1. The van der Waals surface area contributed by atoms with E-state index in [9.17, 15) is 13.2 Å². The number of nitrogens with one attached hydrogen (secondary N) is 1. The number of ether oxygens (including phenoxy) is 2. The summed E-state index contributed by atoms with van der Waals surface area (Å²) < 4.78 is 48.0. The van der Waals surface area contributed by atoms with Gasteiger partial charge in [-0.25, -0.2) is 9.97 Å². The lowest BCUT2D eigenvalue weighted by Crippen LogP contribution is -2.34. The molecule has 1 N–H and O–H groups in total. The minimum absolute atomic E-state index is 0.111. The Hall–Kier alpha value is -3.30. The zero-order valence-corrected chi connectivity index (χ0v) is 18.7. The third kappa shape index (κ3) is 5.55. The normalized spacial score (nSPS) is 15.2. The van der Waals surface area contributed by atoms with Gasteiger partial charge in [-0.2, -0.15) is 4.98 Å². The molecular weight excluding hydrogens is 435 g/mol. The van der Waals surface area contributed by atoms with E-state index in [1.165, 1.54) is 18.2 Å². The van der Waals surface area contributed by atoms with Crippen molar-refractivity contribution in [2.24, 2.45) is 0 Å². The van der Waals surface area contributed by atoms with Gasteiger partial charge in [0.05, 0.1) is 18.1 Å². The maximum absolute atomic E-state index is 12.7. The molecule has 0 unspecified atom stereocenters. The minimum Gasteiger partial charge on any atom is -0.461 e. The van der Waals surface area contributed by atoms with Gasteiger partial charge in [0.2, 0.25) is 0 Å². The van der Waals surface area contributed by atoms with Crippen LogP contribution >= 0.6 is 0 Å². The number of imidazole rings is 1. The van der Waals surface area contributed by atoms with Crippen molar-refractivity contribution < 1.29 is 22.6 Å². The number of H-pyrrole nitrogens is 1. The van der Waals surface area contributed by atoms with Crippen LogP contribution in [0.15, 0.2) is 36.8 Å². The molecule has 0 aliphatic carbocycles. The molecule has 1 aliphatic rings. The Morgan fingerprint density at radius 2 is 1.91 bits per heavy atom. The van der Waals surface area contributed by atoms with Crippen LogP contribution in [0.2, 0.25) is 0 Å². The topological polar surface area (TPSA) is 76.2 Å². The first-order valence-corrected chi connectivity index (χ1v) is 10.8. The Balaban J connectivity index is 1.64. The van der Waals surface area contributed by atoms with E-state index in [2.05, 4.69) is 29.6 Å². The van der Waals surface area contributed by atoms with Crippen molar-refractivity contribution >= 4 is 5.82 Å². The average Bonchev–Trinajstić information content (AvgIpc) is 3.18. The molecule has 4 rings (SSSR count). The van der Waals surface area contributed by atoms with Gasteiger partial charge < -0.3 is 19.4 Å². The van der Waals surface area contributed by atoms with Crippen molar-refractivity contribution in [2.45, 2.75) is 52.0 Å². The van der Waals surface area contributed by atoms with Crippen molar-refractivity contribution in [1.82, 2.24) is 19.9 Å². The van der Waals surface area contributed by atoms with Crippen LogP contribution < -0.4 is 14.4 Å². The van der Waals surface area contributed by atoms with Crippen LogP contribution in [0.3, 0.4) is 0 Å². The Morgan fingerprint density at radius 1 is 1.15 bits per heavy atom. The van der Waals surface area contributed by atoms with Gasteiger partial charge in [0.1, 0.15) is 11.6 Å². The Labute approximate surface area is 190 Å². The number of piperidine rings is 1. The molecule has 0 amide bonds. The second-order valence-electron chi connectivity index (χ2n) is 8.31. The lowest BCUT2D eigenvalue weighted by Gasteiger charge is -2.33. The van der Waals surface area contributed by atoms with E-state index in [1.807, 2.05) is 20.8 Å². The van der Waals surface area contributed by atoms with Gasteiger partial charge in [0, 0.05) is 36.5 Å². The highest BCUT2D eigenvalue weighted by molar-refractivity contribution is 5.76. The second kappa shape index (κ2) is 9.29. The number of halogens is 3. The van der Waals surface area contributed by atoms with Crippen molar-refractivity contribution in [2.75, 3.05) is 18.0 Å². The summed E-state index contributed by atoms with van der Waals surface area (Å²) in [5.74, 6) is 0.677. The smallest absolute Gasteiger partial charge is 0.461 e. The van der Waals surface area contributed by atoms with Crippen molar-refractivity contribution in [3.8, 4) is 22.9 Å². The second-order valence-corrected chi connectivity index (χ2v) is 8.31. The molecule has 0 bridgehead atoms. The number of rotatable bonds is 6. The number of hydrogen-bond acceptors (Lipinski definition) is 6. The minimum atomic E-state index is -4.76. The fourth-order valence-corrected chi connectivity index (χ4v) is 4.08. The molecule has 1 aromatic carbocycles. The highest BCUT2D eigenvalue weighted by Crippen LogP contribution is 2.37. The van der Waals surface area contributed by atoms with Crippen LogP contribution in [0, 0.1) is 6.92 Å². The molecule has 1 fully saturated rings. The molecule has 3 heterocycles. The molecule has 176 valence electrons. The van der Waals surface area contributed by atoms with Crippen molar-refractivity contribution in [1.29, 1.82) is 0 Å². The summed E-state index contributed by atoms with van der Waals surface area (Å²) in [7, 11) is 0. The fraction of sp³-hybridized carbons (Fsp3) is 0.435. The van der Waals surface area contributed by atoms with E-state index in [1.54, 1.807) is 18.6 Å². The molecule has 0 spiro atoms. The summed E-state index contributed by atoms with van der Waals surface area (Å²) in [5.41, 5.74) is 3.31. The molecule has 2 aromatic heterocycles. The molecule has 1 saturated heterocycles. The number of anilines is 1. The van der Waals surface area contributed by atoms with Crippen LogP contribution in [0.1, 0.15) is 44.0 Å². The van der Waals surface area contributed by atoms with Gasteiger partial charge in [-0.1, -0.05) is 12.1 Å². The number of aryl methyl sites for hydroxylation is 1. The monoisotopic (exact) mass is 461 g/mol. The molecule has 0 saturated carbocycles. The third-order valence-electron chi connectivity index (χ3n) is 5.52.